The largest absolute Gasteiger partial charge is 0.496 e. The summed E-state index contributed by atoms with van der Waals surface area (Å²) in [5.41, 5.74) is 0.220. The number of amides is 3. The summed E-state index contributed by atoms with van der Waals surface area (Å²) in [6.45, 7) is 4.91. The fraction of sp³-hybridized carbons (Fsp3) is 0.438. The summed E-state index contributed by atoms with van der Waals surface area (Å²) in [5.74, 6) is -0.456. The summed E-state index contributed by atoms with van der Waals surface area (Å²) in [5, 5.41) is 2.66. The molecule has 0 radical (unpaired) electrons. The number of rotatable bonds is 4. The number of carbonyl (C=O) groups is 3. The molecule has 1 aliphatic rings. The number of urea groups is 1. The minimum absolute atomic E-state index is 0.495. The molecule has 124 valence electrons. The van der Waals surface area contributed by atoms with Gasteiger partial charge in [-0.2, -0.15) is 0 Å². The molecule has 0 saturated carbocycles. The molecule has 7 nitrogen and oxygen atoms in total. The zero-order valence-electron chi connectivity index (χ0n) is 13.8. The van der Waals surface area contributed by atoms with Crippen molar-refractivity contribution >= 4 is 17.9 Å². The quantitative estimate of drug-likeness (QED) is 0.668. The predicted molar refractivity (Wildman–Crippen MR) is 81.9 cm³/mol. The number of carbonyl (C=O) groups excluding carboxylic acids is 3. The lowest BCUT2D eigenvalue weighted by Gasteiger charge is -2.24. The van der Waals surface area contributed by atoms with Crippen LogP contribution in [0, 0.1) is 6.92 Å². The van der Waals surface area contributed by atoms with Crippen LogP contribution in [0.15, 0.2) is 18.2 Å². The number of methoxy groups -OCH3 is 2. The highest BCUT2D eigenvalue weighted by Gasteiger charge is 2.52. The number of hydrogen-bond acceptors (Lipinski definition) is 5. The molecule has 2 atom stereocenters. The highest BCUT2D eigenvalue weighted by Crippen LogP contribution is 2.32. The van der Waals surface area contributed by atoms with Crippen molar-refractivity contribution in [2.75, 3.05) is 14.2 Å². The van der Waals surface area contributed by atoms with E-state index in [1.165, 1.54) is 14.0 Å². The molecule has 3 amide bonds. The van der Waals surface area contributed by atoms with Crippen LogP contribution in [0.3, 0.4) is 0 Å². The van der Waals surface area contributed by atoms with Crippen LogP contribution in [0.5, 0.6) is 5.75 Å². The normalized spacial score (nSPS) is 21.9. The number of aryl methyl sites for hydroxylation is 1. The van der Waals surface area contributed by atoms with E-state index in [-0.39, 0.29) is 0 Å². The van der Waals surface area contributed by atoms with Crippen LogP contribution in [0.2, 0.25) is 0 Å². The first-order valence-corrected chi connectivity index (χ1v) is 7.15. The van der Waals surface area contributed by atoms with Gasteiger partial charge in [0.15, 0.2) is 0 Å². The molecule has 23 heavy (non-hydrogen) atoms. The summed E-state index contributed by atoms with van der Waals surface area (Å²) < 4.78 is 9.82. The Bertz CT molecular complexity index is 672. The van der Waals surface area contributed by atoms with Crippen molar-refractivity contribution in [3.8, 4) is 5.75 Å². The first kappa shape index (κ1) is 16.8. The molecule has 1 fully saturated rings. The first-order valence-electron chi connectivity index (χ1n) is 7.15. The number of nitrogens with zero attached hydrogens (tertiary/aromatic N) is 1. The van der Waals surface area contributed by atoms with Gasteiger partial charge in [0.1, 0.15) is 17.3 Å². The van der Waals surface area contributed by atoms with E-state index in [1.54, 1.807) is 32.2 Å². The Morgan fingerprint density at radius 2 is 1.96 bits per heavy atom. The van der Waals surface area contributed by atoms with E-state index in [9.17, 15) is 14.4 Å². The molecule has 0 spiro atoms. The minimum atomic E-state index is -1.24. The molecule has 1 heterocycles. The topological polar surface area (TPSA) is 84.9 Å². The lowest BCUT2D eigenvalue weighted by atomic mass is 9.90. The fourth-order valence-electron chi connectivity index (χ4n) is 2.67. The zero-order chi connectivity index (χ0) is 17.4. The summed E-state index contributed by atoms with van der Waals surface area (Å²) in [7, 11) is 2.77. The summed E-state index contributed by atoms with van der Waals surface area (Å²) in [4.78, 5) is 37.5. The molecule has 2 rings (SSSR count). The minimum Gasteiger partial charge on any atom is -0.496 e. The zero-order valence-corrected chi connectivity index (χ0v) is 13.8. The van der Waals surface area contributed by atoms with Crippen LogP contribution in [-0.4, -0.2) is 43.1 Å². The van der Waals surface area contributed by atoms with Gasteiger partial charge in [0.2, 0.25) is 0 Å². The second-order valence-corrected chi connectivity index (χ2v) is 5.61. The molecule has 1 aromatic rings. The van der Waals surface area contributed by atoms with Crippen LogP contribution >= 0.6 is 0 Å². The van der Waals surface area contributed by atoms with Gasteiger partial charge < -0.3 is 14.8 Å². The highest BCUT2D eigenvalue weighted by atomic mass is 16.5. The van der Waals surface area contributed by atoms with Crippen LogP contribution in [0.1, 0.15) is 25.0 Å². The smallest absolute Gasteiger partial charge is 0.328 e. The van der Waals surface area contributed by atoms with Gasteiger partial charge in [0.25, 0.3) is 5.91 Å². The van der Waals surface area contributed by atoms with Crippen LogP contribution < -0.4 is 10.1 Å². The average Bonchev–Trinajstić information content (AvgIpc) is 2.76. The van der Waals surface area contributed by atoms with Crippen LogP contribution in [0.25, 0.3) is 0 Å². The average molecular weight is 320 g/mol. The number of ether oxygens (including phenoxy) is 2. The first-order chi connectivity index (χ1) is 10.8. The molecular weight excluding hydrogens is 300 g/mol. The lowest BCUT2D eigenvalue weighted by Crippen LogP contribution is -2.45. The third kappa shape index (κ3) is 2.62. The van der Waals surface area contributed by atoms with Crippen LogP contribution in [0.4, 0.5) is 4.79 Å². The van der Waals surface area contributed by atoms with Gasteiger partial charge in [-0.1, -0.05) is 6.07 Å². The SMILES string of the molecule is COC(=O)C(C)N1C(=O)NC(C)(c2ccc(OC)c(C)c2)C1=O. The predicted octanol–water partition coefficient (Wildman–Crippen LogP) is 1.33. The Morgan fingerprint density at radius 1 is 1.30 bits per heavy atom. The van der Waals surface area contributed by atoms with Crippen LogP contribution in [-0.2, 0) is 19.9 Å². The van der Waals surface area contributed by atoms with Gasteiger partial charge in [-0.05, 0) is 44.0 Å². The standard InChI is InChI=1S/C16H20N2O5/c1-9-8-11(6-7-12(9)22-4)16(3)14(20)18(15(21)17-16)10(2)13(19)23-5/h6-8,10H,1-5H3,(H,17,21). The Labute approximate surface area is 134 Å². The summed E-state index contributed by atoms with van der Waals surface area (Å²) >= 11 is 0. The monoisotopic (exact) mass is 320 g/mol. The number of hydrogen-bond donors (Lipinski definition) is 1. The molecule has 2 unspecified atom stereocenters. The van der Waals surface area contributed by atoms with E-state index < -0.39 is 29.5 Å². The summed E-state index contributed by atoms with van der Waals surface area (Å²) in [6.07, 6.45) is 0. The molecule has 1 aromatic carbocycles. The van der Waals surface area contributed by atoms with Crippen molar-refractivity contribution in [2.24, 2.45) is 0 Å². The maximum absolute atomic E-state index is 12.8. The third-order valence-electron chi connectivity index (χ3n) is 4.12. The third-order valence-corrected chi connectivity index (χ3v) is 4.12. The Kier molecular flexibility index (Phi) is 4.31. The van der Waals surface area contributed by atoms with Gasteiger partial charge in [0, 0.05) is 0 Å². The maximum atomic E-state index is 12.8. The molecule has 0 aliphatic carbocycles. The Hall–Kier alpha value is -2.57. The van der Waals surface area contributed by atoms with Gasteiger partial charge in [-0.25, -0.2) is 14.5 Å². The van der Waals surface area contributed by atoms with Crippen molar-refractivity contribution in [3.63, 3.8) is 0 Å². The molecular formula is C16H20N2O5. The van der Waals surface area contributed by atoms with Crippen molar-refractivity contribution in [1.29, 1.82) is 0 Å². The maximum Gasteiger partial charge on any atom is 0.328 e. The molecule has 1 N–H and O–H groups in total. The number of esters is 1. The van der Waals surface area contributed by atoms with Crippen molar-refractivity contribution in [1.82, 2.24) is 10.2 Å². The van der Waals surface area contributed by atoms with Gasteiger partial charge in [-0.15, -0.1) is 0 Å². The van der Waals surface area contributed by atoms with Crippen molar-refractivity contribution < 1.29 is 23.9 Å². The van der Waals surface area contributed by atoms with Gasteiger partial charge >= 0.3 is 12.0 Å². The number of nitrogens with one attached hydrogen (secondary N) is 1. The van der Waals surface area contributed by atoms with E-state index in [0.717, 1.165) is 10.5 Å². The van der Waals surface area contributed by atoms with E-state index in [1.807, 2.05) is 6.92 Å². The van der Waals surface area contributed by atoms with Crippen molar-refractivity contribution in [3.05, 3.63) is 29.3 Å². The van der Waals surface area contributed by atoms with Gasteiger partial charge in [-0.3, -0.25) is 4.79 Å². The molecule has 0 bridgehead atoms. The Balaban J connectivity index is 2.40. The van der Waals surface area contributed by atoms with E-state index in [0.29, 0.717) is 11.3 Å². The van der Waals surface area contributed by atoms with Gasteiger partial charge in [0.05, 0.1) is 14.2 Å². The fourth-order valence-corrected chi connectivity index (χ4v) is 2.67. The molecule has 1 saturated heterocycles. The molecule has 0 aromatic heterocycles. The highest BCUT2D eigenvalue weighted by molar-refractivity contribution is 6.09. The second-order valence-electron chi connectivity index (χ2n) is 5.61. The number of benzene rings is 1. The second kappa shape index (κ2) is 5.91. The summed E-state index contributed by atoms with van der Waals surface area (Å²) in [6, 6.07) is 3.62. The molecule has 1 aliphatic heterocycles. The van der Waals surface area contributed by atoms with E-state index >= 15 is 0 Å². The Morgan fingerprint density at radius 3 is 2.48 bits per heavy atom. The van der Waals surface area contributed by atoms with Crippen molar-refractivity contribution in [2.45, 2.75) is 32.4 Å². The van der Waals surface area contributed by atoms with E-state index in [2.05, 4.69) is 10.1 Å². The lowest BCUT2D eigenvalue weighted by molar-refractivity contribution is -0.149. The van der Waals surface area contributed by atoms with E-state index in [4.69, 9.17) is 4.74 Å². The number of imide groups is 1. The molecule has 7 heteroatoms.